The number of rotatable bonds is 3. The van der Waals surface area contributed by atoms with Crippen molar-refractivity contribution < 1.29 is 9.53 Å². The standard InChI is InChI=1S/C27H34O2/c1-24(2,3)29-23(28)27-16-20-14-25(18-27,21-10-6-4-7-11-21)17-26(15-20,19-27)22-12-8-5-9-13-22/h4,6-8,10-13,20H,5,9,14-19H2,1-3H3. The summed E-state index contributed by atoms with van der Waals surface area (Å²) in [6.45, 7) is 6.00. The number of allylic oxidation sites excluding steroid dienone is 4. The van der Waals surface area contributed by atoms with Crippen molar-refractivity contribution in [1.29, 1.82) is 0 Å². The summed E-state index contributed by atoms with van der Waals surface area (Å²) in [4.78, 5) is 13.7. The van der Waals surface area contributed by atoms with Gasteiger partial charge in [-0.15, -0.1) is 0 Å². The van der Waals surface area contributed by atoms with Gasteiger partial charge in [-0.1, -0.05) is 48.6 Å². The number of hydrogen-bond donors (Lipinski definition) is 0. The molecule has 0 radical (unpaired) electrons. The van der Waals surface area contributed by atoms with Crippen LogP contribution in [0.4, 0.5) is 0 Å². The highest BCUT2D eigenvalue weighted by molar-refractivity contribution is 5.79. The molecule has 4 atom stereocenters. The Kier molecular flexibility index (Phi) is 4.18. The monoisotopic (exact) mass is 390 g/mol. The van der Waals surface area contributed by atoms with Crippen LogP contribution < -0.4 is 0 Å². The molecule has 1 aromatic rings. The third-order valence-corrected chi connectivity index (χ3v) is 7.89. The molecule has 29 heavy (non-hydrogen) atoms. The molecular weight excluding hydrogens is 356 g/mol. The summed E-state index contributed by atoms with van der Waals surface area (Å²) in [5.41, 5.74) is 2.39. The summed E-state index contributed by atoms with van der Waals surface area (Å²) in [5, 5.41) is 0. The van der Waals surface area contributed by atoms with Crippen LogP contribution in [0.5, 0.6) is 0 Å². The van der Waals surface area contributed by atoms with Crippen molar-refractivity contribution in [3.05, 3.63) is 59.7 Å². The summed E-state index contributed by atoms with van der Waals surface area (Å²) in [6, 6.07) is 11.0. The molecule has 0 aliphatic heterocycles. The largest absolute Gasteiger partial charge is 0.460 e. The lowest BCUT2D eigenvalue weighted by Gasteiger charge is -2.66. The van der Waals surface area contributed by atoms with Crippen LogP contribution in [-0.4, -0.2) is 11.6 Å². The van der Waals surface area contributed by atoms with Crippen LogP contribution in [0.3, 0.4) is 0 Å². The molecule has 5 aliphatic rings. The van der Waals surface area contributed by atoms with E-state index in [1.54, 1.807) is 0 Å². The lowest BCUT2D eigenvalue weighted by atomic mass is 9.37. The van der Waals surface area contributed by atoms with Gasteiger partial charge in [0.2, 0.25) is 0 Å². The highest BCUT2D eigenvalue weighted by atomic mass is 16.6. The van der Waals surface area contributed by atoms with Crippen molar-refractivity contribution in [2.24, 2.45) is 16.7 Å². The molecule has 0 spiro atoms. The van der Waals surface area contributed by atoms with Gasteiger partial charge in [-0.05, 0) is 100 Å². The molecule has 1 aromatic carbocycles. The average Bonchev–Trinajstić information content (AvgIpc) is 2.67. The van der Waals surface area contributed by atoms with Gasteiger partial charge in [-0.25, -0.2) is 0 Å². The Morgan fingerprint density at radius 2 is 1.69 bits per heavy atom. The van der Waals surface area contributed by atoms with Crippen molar-refractivity contribution in [2.75, 3.05) is 0 Å². The van der Waals surface area contributed by atoms with E-state index >= 15 is 0 Å². The molecule has 0 amide bonds. The van der Waals surface area contributed by atoms with E-state index in [1.165, 1.54) is 30.4 Å². The van der Waals surface area contributed by atoms with Gasteiger partial charge in [0, 0.05) is 0 Å². The molecule has 2 heteroatoms. The van der Waals surface area contributed by atoms with E-state index in [0.717, 1.165) is 32.1 Å². The number of carbonyl (C=O) groups excluding carboxylic acids is 1. The molecule has 0 saturated heterocycles. The minimum Gasteiger partial charge on any atom is -0.460 e. The molecule has 4 saturated carbocycles. The Balaban J connectivity index is 1.62. The van der Waals surface area contributed by atoms with Crippen LogP contribution in [0.2, 0.25) is 0 Å². The number of hydrogen-bond acceptors (Lipinski definition) is 2. The zero-order chi connectivity index (χ0) is 20.3. The van der Waals surface area contributed by atoms with Crippen LogP contribution in [0.1, 0.15) is 77.7 Å². The molecule has 0 heterocycles. The van der Waals surface area contributed by atoms with E-state index < -0.39 is 5.60 Å². The van der Waals surface area contributed by atoms with Gasteiger partial charge in [0.25, 0.3) is 0 Å². The van der Waals surface area contributed by atoms with Crippen molar-refractivity contribution in [2.45, 2.75) is 83.2 Å². The molecule has 0 aromatic heterocycles. The fourth-order valence-electron chi connectivity index (χ4n) is 7.49. The van der Waals surface area contributed by atoms with E-state index in [1.807, 2.05) is 20.8 Å². The van der Waals surface area contributed by atoms with Gasteiger partial charge in [0.05, 0.1) is 5.41 Å². The van der Waals surface area contributed by atoms with E-state index in [2.05, 4.69) is 48.6 Å². The van der Waals surface area contributed by atoms with Gasteiger partial charge >= 0.3 is 5.97 Å². The zero-order valence-corrected chi connectivity index (χ0v) is 18.2. The maximum Gasteiger partial charge on any atom is 0.312 e. The summed E-state index contributed by atoms with van der Waals surface area (Å²) in [7, 11) is 0. The molecule has 4 bridgehead atoms. The van der Waals surface area contributed by atoms with Crippen LogP contribution in [-0.2, 0) is 14.9 Å². The lowest BCUT2D eigenvalue weighted by molar-refractivity contribution is -0.191. The first-order valence-electron chi connectivity index (χ1n) is 11.4. The SMILES string of the molecule is CC(C)(C)OC(=O)C12CC3CC(C4=CCCC=C4)(C1)CC(c1ccccc1)(C3)C2. The molecule has 2 nitrogen and oxygen atoms in total. The highest BCUT2D eigenvalue weighted by Crippen LogP contribution is 2.72. The Morgan fingerprint density at radius 3 is 2.38 bits per heavy atom. The summed E-state index contributed by atoms with van der Waals surface area (Å²) < 4.78 is 6.06. The minimum atomic E-state index is -0.433. The first-order chi connectivity index (χ1) is 13.7. The molecular formula is C27H34O2. The van der Waals surface area contributed by atoms with Gasteiger partial charge in [-0.3, -0.25) is 4.79 Å². The second-order valence-electron chi connectivity index (χ2n) is 11.4. The zero-order valence-electron chi connectivity index (χ0n) is 18.2. The van der Waals surface area contributed by atoms with E-state index in [0.29, 0.717) is 5.92 Å². The van der Waals surface area contributed by atoms with Gasteiger partial charge in [0.1, 0.15) is 5.60 Å². The second-order valence-corrected chi connectivity index (χ2v) is 11.4. The number of esters is 1. The maximum absolute atomic E-state index is 13.7. The average molecular weight is 391 g/mol. The van der Waals surface area contributed by atoms with Gasteiger partial charge in [-0.2, -0.15) is 0 Å². The first kappa shape index (κ1) is 19.2. The fraction of sp³-hybridized carbons (Fsp3) is 0.593. The molecule has 154 valence electrons. The van der Waals surface area contributed by atoms with Gasteiger partial charge < -0.3 is 4.74 Å². The van der Waals surface area contributed by atoms with Crippen molar-refractivity contribution in [3.63, 3.8) is 0 Å². The molecule has 4 fully saturated rings. The van der Waals surface area contributed by atoms with Crippen LogP contribution in [0, 0.1) is 16.7 Å². The Labute approximate surface area is 175 Å². The number of ether oxygens (including phenoxy) is 1. The minimum absolute atomic E-state index is 0.0548. The lowest BCUT2D eigenvalue weighted by Crippen LogP contribution is -2.62. The van der Waals surface area contributed by atoms with E-state index in [4.69, 9.17) is 4.74 Å². The third-order valence-electron chi connectivity index (χ3n) is 7.89. The van der Waals surface area contributed by atoms with Crippen LogP contribution in [0.25, 0.3) is 0 Å². The van der Waals surface area contributed by atoms with Crippen LogP contribution >= 0.6 is 0 Å². The smallest absolute Gasteiger partial charge is 0.312 e. The predicted octanol–water partition coefficient (Wildman–Crippen LogP) is 6.51. The number of benzene rings is 1. The number of carbonyl (C=O) groups is 1. The fourth-order valence-corrected chi connectivity index (χ4v) is 7.49. The van der Waals surface area contributed by atoms with E-state index in [-0.39, 0.29) is 22.2 Å². The Morgan fingerprint density at radius 1 is 0.966 bits per heavy atom. The second kappa shape index (κ2) is 6.33. The maximum atomic E-state index is 13.7. The Hall–Kier alpha value is -1.83. The van der Waals surface area contributed by atoms with Crippen LogP contribution in [0.15, 0.2) is 54.1 Å². The summed E-state index contributed by atoms with van der Waals surface area (Å²) in [6.07, 6.45) is 16.0. The van der Waals surface area contributed by atoms with Crippen molar-refractivity contribution in [1.82, 2.24) is 0 Å². The summed E-state index contributed by atoms with van der Waals surface area (Å²) in [5.74, 6) is 0.661. The normalized spacial score (nSPS) is 38.0. The predicted molar refractivity (Wildman–Crippen MR) is 116 cm³/mol. The molecule has 5 aliphatic carbocycles. The summed E-state index contributed by atoms with van der Waals surface area (Å²) >= 11 is 0. The van der Waals surface area contributed by atoms with Crippen molar-refractivity contribution in [3.8, 4) is 0 Å². The van der Waals surface area contributed by atoms with E-state index in [9.17, 15) is 4.79 Å². The topological polar surface area (TPSA) is 26.3 Å². The molecule has 6 rings (SSSR count). The first-order valence-corrected chi connectivity index (χ1v) is 11.4. The third kappa shape index (κ3) is 3.10. The van der Waals surface area contributed by atoms with Crippen molar-refractivity contribution >= 4 is 5.97 Å². The molecule has 4 unspecified atom stereocenters. The Bertz CT molecular complexity index is 874. The molecule has 0 N–H and O–H groups in total. The van der Waals surface area contributed by atoms with Gasteiger partial charge in [0.15, 0.2) is 0 Å². The quantitative estimate of drug-likeness (QED) is 0.550. The highest BCUT2D eigenvalue weighted by Gasteiger charge is 2.67.